The highest BCUT2D eigenvalue weighted by atomic mass is 35.5. The first-order valence-corrected chi connectivity index (χ1v) is 10.2. The van der Waals surface area contributed by atoms with Crippen molar-refractivity contribution in [3.63, 3.8) is 0 Å². The van der Waals surface area contributed by atoms with Crippen LogP contribution in [-0.2, 0) is 13.1 Å². The highest BCUT2D eigenvalue weighted by Crippen LogP contribution is 2.18. The number of nitrogens with zero attached hydrogens (tertiary/aromatic N) is 4. The number of carbonyl (C=O) groups is 1. The highest BCUT2D eigenvalue weighted by Gasteiger charge is 2.24. The molecule has 7 heteroatoms. The molecular weight excluding hydrogens is 376 g/mol. The molecule has 0 aliphatic carbocycles. The van der Waals surface area contributed by atoms with Crippen LogP contribution < -0.4 is 0 Å². The summed E-state index contributed by atoms with van der Waals surface area (Å²) >= 11 is 6.13. The van der Waals surface area contributed by atoms with Gasteiger partial charge < -0.3 is 14.2 Å². The molecule has 1 aromatic carbocycles. The average Bonchev–Trinajstić information content (AvgIpc) is 3.15. The van der Waals surface area contributed by atoms with Gasteiger partial charge in [0.15, 0.2) is 5.69 Å². The fourth-order valence-electron chi connectivity index (χ4n) is 3.32. The van der Waals surface area contributed by atoms with E-state index in [0.717, 1.165) is 49.7 Å². The number of likely N-dealkylation sites (N-methyl/N-ethyl adjacent to an activating group) is 1. The van der Waals surface area contributed by atoms with Gasteiger partial charge in [0, 0.05) is 43.8 Å². The van der Waals surface area contributed by atoms with Crippen molar-refractivity contribution in [2.45, 2.75) is 39.4 Å². The third-order valence-electron chi connectivity index (χ3n) is 5.39. The molecule has 0 bridgehead atoms. The summed E-state index contributed by atoms with van der Waals surface area (Å²) in [4.78, 5) is 23.5. The molecule has 0 saturated carbocycles. The Labute approximate surface area is 172 Å². The standard InChI is InChI=1S/C21H29ClN4O2/c1-4-16(2)26(13-17-6-5-7-18(22)12-17)14-20-23-19(15-28-20)21(27)25-10-8-24(3)9-11-25/h5-7,12,15-16H,4,8-11,13-14H2,1-3H3. The maximum Gasteiger partial charge on any atom is 0.275 e. The number of aromatic nitrogens is 1. The fraction of sp³-hybridized carbons (Fsp3) is 0.524. The van der Waals surface area contributed by atoms with E-state index in [2.05, 4.69) is 41.7 Å². The van der Waals surface area contributed by atoms with E-state index in [1.807, 2.05) is 23.1 Å². The predicted octanol–water partition coefficient (Wildman–Crippen LogP) is 3.52. The minimum atomic E-state index is -0.0481. The molecule has 1 fully saturated rings. The van der Waals surface area contributed by atoms with Gasteiger partial charge in [0.05, 0.1) is 6.54 Å². The topological polar surface area (TPSA) is 52.8 Å². The Morgan fingerprint density at radius 3 is 2.71 bits per heavy atom. The lowest BCUT2D eigenvalue weighted by Gasteiger charge is -2.31. The van der Waals surface area contributed by atoms with E-state index in [4.69, 9.17) is 16.0 Å². The Balaban J connectivity index is 1.67. The van der Waals surface area contributed by atoms with Gasteiger partial charge in [0.2, 0.25) is 5.89 Å². The van der Waals surface area contributed by atoms with Crippen LogP contribution in [-0.4, -0.2) is 64.9 Å². The van der Waals surface area contributed by atoms with Crippen LogP contribution in [0, 0.1) is 0 Å². The summed E-state index contributed by atoms with van der Waals surface area (Å²) in [5.41, 5.74) is 1.54. The highest BCUT2D eigenvalue weighted by molar-refractivity contribution is 6.30. The first-order valence-electron chi connectivity index (χ1n) is 9.87. The monoisotopic (exact) mass is 404 g/mol. The zero-order valence-corrected chi connectivity index (χ0v) is 17.7. The molecule has 1 amide bonds. The molecule has 2 aromatic rings. The normalized spacial score (nSPS) is 16.5. The summed E-state index contributed by atoms with van der Waals surface area (Å²) in [6.45, 7) is 8.88. The Hall–Kier alpha value is -1.89. The van der Waals surface area contributed by atoms with E-state index >= 15 is 0 Å². The quantitative estimate of drug-likeness (QED) is 0.706. The van der Waals surface area contributed by atoms with Crippen molar-refractivity contribution in [1.82, 2.24) is 19.7 Å². The lowest BCUT2D eigenvalue weighted by molar-refractivity contribution is 0.0658. The summed E-state index contributed by atoms with van der Waals surface area (Å²) in [6.07, 6.45) is 2.50. The van der Waals surface area contributed by atoms with Gasteiger partial charge in [-0.25, -0.2) is 4.98 Å². The van der Waals surface area contributed by atoms with Crippen LogP contribution in [0.2, 0.25) is 5.02 Å². The van der Waals surface area contributed by atoms with E-state index in [1.165, 1.54) is 6.26 Å². The van der Waals surface area contributed by atoms with Gasteiger partial charge >= 0.3 is 0 Å². The number of hydrogen-bond acceptors (Lipinski definition) is 5. The molecule has 0 radical (unpaired) electrons. The third kappa shape index (κ3) is 5.34. The second kappa shape index (κ2) is 9.54. The van der Waals surface area contributed by atoms with Crippen LogP contribution in [0.1, 0.15) is 42.2 Å². The first kappa shape index (κ1) is 20.8. The van der Waals surface area contributed by atoms with Gasteiger partial charge in [0.25, 0.3) is 5.91 Å². The number of rotatable bonds is 7. The molecule has 1 atom stereocenters. The van der Waals surface area contributed by atoms with Gasteiger partial charge in [-0.1, -0.05) is 30.7 Å². The largest absolute Gasteiger partial charge is 0.447 e. The zero-order valence-electron chi connectivity index (χ0n) is 16.9. The van der Waals surface area contributed by atoms with Crippen molar-refractivity contribution in [1.29, 1.82) is 0 Å². The van der Waals surface area contributed by atoms with E-state index in [1.54, 1.807) is 0 Å². The number of halogens is 1. The Kier molecular flexibility index (Phi) is 7.10. The number of carbonyl (C=O) groups excluding carboxylic acids is 1. The molecular formula is C21H29ClN4O2. The first-order chi connectivity index (χ1) is 13.5. The number of hydrogen-bond donors (Lipinski definition) is 0. The third-order valence-corrected chi connectivity index (χ3v) is 5.62. The van der Waals surface area contributed by atoms with Crippen molar-refractivity contribution in [3.05, 3.63) is 52.7 Å². The van der Waals surface area contributed by atoms with Crippen LogP contribution in [0.15, 0.2) is 34.9 Å². The number of benzene rings is 1. The fourth-order valence-corrected chi connectivity index (χ4v) is 3.54. The van der Waals surface area contributed by atoms with Gasteiger partial charge in [0.1, 0.15) is 6.26 Å². The lowest BCUT2D eigenvalue weighted by Crippen LogP contribution is -2.47. The van der Waals surface area contributed by atoms with Crippen LogP contribution in [0.25, 0.3) is 0 Å². The van der Waals surface area contributed by atoms with Gasteiger partial charge in [-0.3, -0.25) is 9.69 Å². The van der Waals surface area contributed by atoms with E-state index in [9.17, 15) is 4.79 Å². The van der Waals surface area contributed by atoms with Crippen molar-refractivity contribution in [3.8, 4) is 0 Å². The molecule has 0 N–H and O–H groups in total. The predicted molar refractivity (Wildman–Crippen MR) is 110 cm³/mol. The molecule has 152 valence electrons. The average molecular weight is 405 g/mol. The minimum Gasteiger partial charge on any atom is -0.447 e. The molecule has 1 unspecified atom stereocenters. The number of piperazine rings is 1. The molecule has 1 aliphatic rings. The second-order valence-corrected chi connectivity index (χ2v) is 7.95. The van der Waals surface area contributed by atoms with Gasteiger partial charge in [-0.2, -0.15) is 0 Å². The Morgan fingerprint density at radius 1 is 1.29 bits per heavy atom. The van der Waals surface area contributed by atoms with Gasteiger partial charge in [-0.15, -0.1) is 0 Å². The van der Waals surface area contributed by atoms with Crippen LogP contribution >= 0.6 is 11.6 Å². The lowest BCUT2D eigenvalue weighted by atomic mass is 10.1. The maximum atomic E-state index is 12.7. The van der Waals surface area contributed by atoms with Gasteiger partial charge in [-0.05, 0) is 38.1 Å². The summed E-state index contributed by atoms with van der Waals surface area (Å²) in [5.74, 6) is 0.521. The Bertz CT molecular complexity index is 786. The molecule has 3 rings (SSSR count). The Morgan fingerprint density at radius 2 is 2.04 bits per heavy atom. The van der Waals surface area contributed by atoms with E-state index in [-0.39, 0.29) is 5.91 Å². The molecule has 2 heterocycles. The van der Waals surface area contributed by atoms with Crippen LogP contribution in [0.5, 0.6) is 0 Å². The molecule has 1 aromatic heterocycles. The maximum absolute atomic E-state index is 12.7. The SMILES string of the molecule is CCC(C)N(Cc1cccc(Cl)c1)Cc1nc(C(=O)N2CCN(C)CC2)co1. The molecule has 6 nitrogen and oxygen atoms in total. The number of amides is 1. The van der Waals surface area contributed by atoms with Crippen molar-refractivity contribution < 1.29 is 9.21 Å². The van der Waals surface area contributed by atoms with E-state index < -0.39 is 0 Å². The van der Waals surface area contributed by atoms with Crippen molar-refractivity contribution in [2.75, 3.05) is 33.2 Å². The molecule has 1 saturated heterocycles. The summed E-state index contributed by atoms with van der Waals surface area (Å²) in [7, 11) is 2.07. The van der Waals surface area contributed by atoms with Crippen molar-refractivity contribution >= 4 is 17.5 Å². The van der Waals surface area contributed by atoms with E-state index in [0.29, 0.717) is 24.2 Å². The van der Waals surface area contributed by atoms with Crippen LogP contribution in [0.3, 0.4) is 0 Å². The second-order valence-electron chi connectivity index (χ2n) is 7.51. The molecule has 28 heavy (non-hydrogen) atoms. The minimum absolute atomic E-state index is 0.0481. The van der Waals surface area contributed by atoms with Crippen LogP contribution in [0.4, 0.5) is 0 Å². The number of oxazole rings is 1. The summed E-state index contributed by atoms with van der Waals surface area (Å²) in [5, 5.41) is 0.734. The smallest absolute Gasteiger partial charge is 0.275 e. The summed E-state index contributed by atoms with van der Waals surface area (Å²) < 4.78 is 5.65. The molecule has 0 spiro atoms. The van der Waals surface area contributed by atoms with Crippen molar-refractivity contribution in [2.24, 2.45) is 0 Å². The molecule has 1 aliphatic heterocycles. The zero-order chi connectivity index (χ0) is 20.1. The summed E-state index contributed by atoms with van der Waals surface area (Å²) in [6, 6.07) is 8.24.